The van der Waals surface area contributed by atoms with Gasteiger partial charge in [-0.3, -0.25) is 4.99 Å². The van der Waals surface area contributed by atoms with Gasteiger partial charge in [-0.1, -0.05) is 30.3 Å². The molecule has 2 aromatic carbocycles. The van der Waals surface area contributed by atoms with Crippen molar-refractivity contribution in [3.05, 3.63) is 59.7 Å². The Labute approximate surface area is 100 Å². The van der Waals surface area contributed by atoms with Gasteiger partial charge in [-0.2, -0.15) is 0 Å². The quantitative estimate of drug-likeness (QED) is 0.832. The molecule has 1 aliphatic rings. The van der Waals surface area contributed by atoms with Gasteiger partial charge in [-0.15, -0.1) is 0 Å². The summed E-state index contributed by atoms with van der Waals surface area (Å²) in [7, 11) is 0. The summed E-state index contributed by atoms with van der Waals surface area (Å²) in [5.74, 6) is 0.311. The molecule has 0 saturated heterocycles. The van der Waals surface area contributed by atoms with Crippen LogP contribution in [0.3, 0.4) is 0 Å². The van der Waals surface area contributed by atoms with E-state index in [1.807, 2.05) is 18.2 Å². The summed E-state index contributed by atoms with van der Waals surface area (Å²) >= 11 is 0. The van der Waals surface area contributed by atoms with Crippen molar-refractivity contribution in [3.8, 4) is 5.75 Å². The maximum atomic E-state index is 9.23. The maximum absolute atomic E-state index is 9.23. The number of para-hydroxylation sites is 1. The Morgan fingerprint density at radius 2 is 1.76 bits per heavy atom. The molecule has 1 N–H and O–H groups in total. The van der Waals surface area contributed by atoms with Crippen molar-refractivity contribution in [2.75, 3.05) is 0 Å². The molecule has 0 amide bonds. The van der Waals surface area contributed by atoms with Gasteiger partial charge in [0.05, 0.1) is 5.69 Å². The summed E-state index contributed by atoms with van der Waals surface area (Å²) in [4.78, 5) is 4.62. The summed E-state index contributed by atoms with van der Waals surface area (Å²) in [5, 5.41) is 9.23. The van der Waals surface area contributed by atoms with Gasteiger partial charge < -0.3 is 5.11 Å². The van der Waals surface area contributed by atoms with E-state index < -0.39 is 0 Å². The van der Waals surface area contributed by atoms with E-state index in [-0.39, 0.29) is 0 Å². The molecule has 0 atom stereocenters. The molecular weight excluding hydrogens is 210 g/mol. The number of phenolic OH excluding ortho intramolecular Hbond substituents is 1. The second-order valence-corrected chi connectivity index (χ2v) is 4.33. The number of nitrogens with zero attached hydrogens (tertiary/aromatic N) is 1. The largest absolute Gasteiger partial charge is 0.508 e. The number of aliphatic imine (C=N–C) groups is 1. The Hall–Kier alpha value is -2.09. The van der Waals surface area contributed by atoms with E-state index in [4.69, 9.17) is 0 Å². The van der Waals surface area contributed by atoms with Crippen LogP contribution < -0.4 is 0 Å². The Balaban J connectivity index is 1.79. The van der Waals surface area contributed by atoms with Crippen LogP contribution in [0.2, 0.25) is 0 Å². The number of rotatable bonds is 2. The molecule has 0 aromatic heterocycles. The summed E-state index contributed by atoms with van der Waals surface area (Å²) in [5.41, 5.74) is 4.79. The van der Waals surface area contributed by atoms with Crippen LogP contribution in [-0.4, -0.2) is 10.8 Å². The van der Waals surface area contributed by atoms with Crippen molar-refractivity contribution in [1.29, 1.82) is 0 Å². The highest BCUT2D eigenvalue weighted by atomic mass is 16.3. The van der Waals surface area contributed by atoms with Crippen LogP contribution in [0, 0.1) is 0 Å². The average molecular weight is 223 g/mol. The maximum Gasteiger partial charge on any atom is 0.115 e. The first kappa shape index (κ1) is 10.1. The lowest BCUT2D eigenvalue weighted by atomic mass is 10.0. The molecule has 0 unspecified atom stereocenters. The Bertz CT molecular complexity index is 570. The second kappa shape index (κ2) is 4.06. The SMILES string of the molecule is Oc1ccc(CC2=Nc3ccccc3C2)cc1. The fourth-order valence-electron chi connectivity index (χ4n) is 2.15. The van der Waals surface area contributed by atoms with Gasteiger partial charge in [0.15, 0.2) is 0 Å². The first-order chi connectivity index (χ1) is 8.31. The Kier molecular flexibility index (Phi) is 2.41. The Morgan fingerprint density at radius 3 is 2.53 bits per heavy atom. The lowest BCUT2D eigenvalue weighted by Gasteiger charge is -2.01. The third-order valence-corrected chi connectivity index (χ3v) is 3.01. The number of hydrogen-bond donors (Lipinski definition) is 1. The molecule has 1 aliphatic heterocycles. The lowest BCUT2D eigenvalue weighted by molar-refractivity contribution is 0.475. The van der Waals surface area contributed by atoms with Crippen LogP contribution in [0.5, 0.6) is 5.75 Å². The highest BCUT2D eigenvalue weighted by molar-refractivity contribution is 5.95. The number of hydrogen-bond acceptors (Lipinski definition) is 2. The van der Waals surface area contributed by atoms with Crippen molar-refractivity contribution >= 4 is 11.4 Å². The topological polar surface area (TPSA) is 32.6 Å². The fraction of sp³-hybridized carbons (Fsp3) is 0.133. The standard InChI is InChI=1S/C15H13NO/c17-14-7-5-11(6-8-14)9-13-10-12-3-1-2-4-15(12)16-13/h1-8,17H,9-10H2. The zero-order valence-corrected chi connectivity index (χ0v) is 9.43. The molecule has 2 aromatic rings. The summed E-state index contributed by atoms with van der Waals surface area (Å²) in [6.07, 6.45) is 1.80. The van der Waals surface area contributed by atoms with Crippen LogP contribution in [0.4, 0.5) is 5.69 Å². The molecule has 2 heteroatoms. The highest BCUT2D eigenvalue weighted by Gasteiger charge is 2.13. The molecule has 0 spiro atoms. The smallest absolute Gasteiger partial charge is 0.115 e. The van der Waals surface area contributed by atoms with Crippen LogP contribution in [0.1, 0.15) is 11.1 Å². The fourth-order valence-corrected chi connectivity index (χ4v) is 2.15. The molecule has 0 fully saturated rings. The van der Waals surface area contributed by atoms with Gasteiger partial charge in [-0.25, -0.2) is 0 Å². The second-order valence-electron chi connectivity index (χ2n) is 4.33. The number of fused-ring (bicyclic) bond motifs is 1. The molecule has 3 rings (SSSR count). The minimum Gasteiger partial charge on any atom is -0.508 e. The van der Waals surface area contributed by atoms with E-state index in [9.17, 15) is 5.11 Å². The van der Waals surface area contributed by atoms with Crippen molar-refractivity contribution in [3.63, 3.8) is 0 Å². The first-order valence-electron chi connectivity index (χ1n) is 5.73. The predicted molar refractivity (Wildman–Crippen MR) is 69.1 cm³/mol. The van der Waals surface area contributed by atoms with E-state index >= 15 is 0 Å². The number of benzene rings is 2. The van der Waals surface area contributed by atoms with Crippen molar-refractivity contribution < 1.29 is 5.11 Å². The molecule has 17 heavy (non-hydrogen) atoms. The van der Waals surface area contributed by atoms with Gasteiger partial charge in [0.25, 0.3) is 0 Å². The van der Waals surface area contributed by atoms with Gasteiger partial charge in [-0.05, 0) is 29.3 Å². The molecule has 0 bridgehead atoms. The summed E-state index contributed by atoms with van der Waals surface area (Å²) in [6, 6.07) is 15.6. The van der Waals surface area contributed by atoms with Crippen LogP contribution in [-0.2, 0) is 12.8 Å². The van der Waals surface area contributed by atoms with E-state index in [0.717, 1.165) is 18.5 Å². The minimum atomic E-state index is 0.311. The van der Waals surface area contributed by atoms with Crippen LogP contribution in [0.25, 0.3) is 0 Å². The summed E-state index contributed by atoms with van der Waals surface area (Å²) < 4.78 is 0. The van der Waals surface area contributed by atoms with Crippen molar-refractivity contribution in [1.82, 2.24) is 0 Å². The van der Waals surface area contributed by atoms with Gasteiger partial charge in [0, 0.05) is 18.6 Å². The molecule has 0 saturated carbocycles. The van der Waals surface area contributed by atoms with E-state index in [1.54, 1.807) is 12.1 Å². The number of phenols is 1. The van der Waals surface area contributed by atoms with E-state index in [0.29, 0.717) is 5.75 Å². The van der Waals surface area contributed by atoms with E-state index in [1.165, 1.54) is 16.8 Å². The summed E-state index contributed by atoms with van der Waals surface area (Å²) in [6.45, 7) is 0. The predicted octanol–water partition coefficient (Wildman–Crippen LogP) is 3.26. The van der Waals surface area contributed by atoms with Crippen LogP contribution >= 0.6 is 0 Å². The highest BCUT2D eigenvalue weighted by Crippen LogP contribution is 2.27. The molecule has 0 aliphatic carbocycles. The molecule has 2 nitrogen and oxygen atoms in total. The van der Waals surface area contributed by atoms with Crippen molar-refractivity contribution in [2.45, 2.75) is 12.8 Å². The van der Waals surface area contributed by atoms with E-state index in [2.05, 4.69) is 23.2 Å². The normalized spacial score (nSPS) is 13.3. The van der Waals surface area contributed by atoms with Crippen molar-refractivity contribution in [2.24, 2.45) is 4.99 Å². The molecule has 1 heterocycles. The Morgan fingerprint density at radius 1 is 1.00 bits per heavy atom. The third kappa shape index (κ3) is 2.07. The van der Waals surface area contributed by atoms with Gasteiger partial charge in [0.1, 0.15) is 5.75 Å². The first-order valence-corrected chi connectivity index (χ1v) is 5.73. The van der Waals surface area contributed by atoms with Gasteiger partial charge >= 0.3 is 0 Å². The molecule has 0 radical (unpaired) electrons. The monoisotopic (exact) mass is 223 g/mol. The number of aromatic hydroxyl groups is 1. The molecular formula is C15H13NO. The zero-order chi connectivity index (χ0) is 11.7. The third-order valence-electron chi connectivity index (χ3n) is 3.01. The van der Waals surface area contributed by atoms with Gasteiger partial charge in [0.2, 0.25) is 0 Å². The average Bonchev–Trinajstić information content (AvgIpc) is 2.74. The van der Waals surface area contributed by atoms with Crippen LogP contribution in [0.15, 0.2) is 53.5 Å². The minimum absolute atomic E-state index is 0.311. The zero-order valence-electron chi connectivity index (χ0n) is 9.43. The molecule has 84 valence electrons. The lowest BCUT2D eigenvalue weighted by Crippen LogP contribution is -2.02.